The summed E-state index contributed by atoms with van der Waals surface area (Å²) in [5.74, 6) is 1.04. The predicted octanol–water partition coefficient (Wildman–Crippen LogP) is 5.54. The number of ether oxygens (including phenoxy) is 2. The molecule has 0 fully saturated rings. The molecule has 0 N–H and O–H groups in total. The number of nitro groups is 1. The standard InChI is InChI=1S/C22H17NO5/c1-13-4-7-17(8-5-13)27-20-11-16(23(25)26)12-21-22(20)18(24)10-15-6-3-14(2)9-19(15)28-21/h3-9,11-12H,10H2,1-2H3. The first-order valence-corrected chi connectivity index (χ1v) is 8.78. The molecular formula is C22H17NO5. The Labute approximate surface area is 161 Å². The predicted molar refractivity (Wildman–Crippen MR) is 104 cm³/mol. The number of hydrogen-bond donors (Lipinski definition) is 0. The summed E-state index contributed by atoms with van der Waals surface area (Å²) in [6, 6.07) is 15.3. The summed E-state index contributed by atoms with van der Waals surface area (Å²) < 4.78 is 11.8. The van der Waals surface area contributed by atoms with Gasteiger partial charge in [0.15, 0.2) is 5.78 Å². The molecule has 0 aliphatic carbocycles. The highest BCUT2D eigenvalue weighted by Crippen LogP contribution is 2.42. The molecular weight excluding hydrogens is 358 g/mol. The van der Waals surface area contributed by atoms with Crippen molar-refractivity contribution in [3.05, 3.63) is 87.0 Å². The number of fused-ring (bicyclic) bond motifs is 2. The third-order valence-electron chi connectivity index (χ3n) is 4.58. The summed E-state index contributed by atoms with van der Waals surface area (Å²) in [5.41, 5.74) is 2.76. The van der Waals surface area contributed by atoms with Crippen molar-refractivity contribution in [1.29, 1.82) is 0 Å². The van der Waals surface area contributed by atoms with Crippen molar-refractivity contribution in [1.82, 2.24) is 0 Å². The minimum absolute atomic E-state index is 0.114. The zero-order chi connectivity index (χ0) is 19.8. The van der Waals surface area contributed by atoms with Crippen molar-refractivity contribution in [2.45, 2.75) is 20.3 Å². The summed E-state index contributed by atoms with van der Waals surface area (Å²) in [5, 5.41) is 11.4. The number of ketones is 1. The summed E-state index contributed by atoms with van der Waals surface area (Å²) in [6.07, 6.45) is 0.130. The third kappa shape index (κ3) is 3.32. The van der Waals surface area contributed by atoms with Gasteiger partial charge in [0.05, 0.1) is 17.1 Å². The Morgan fingerprint density at radius 3 is 2.39 bits per heavy atom. The fourth-order valence-corrected chi connectivity index (χ4v) is 3.13. The van der Waals surface area contributed by atoms with Crippen LogP contribution in [0.3, 0.4) is 0 Å². The van der Waals surface area contributed by atoms with Crippen molar-refractivity contribution in [3.8, 4) is 23.0 Å². The smallest absolute Gasteiger partial charge is 0.276 e. The van der Waals surface area contributed by atoms with E-state index < -0.39 is 4.92 Å². The van der Waals surface area contributed by atoms with E-state index in [-0.39, 0.29) is 35.0 Å². The van der Waals surface area contributed by atoms with Crippen LogP contribution in [0.15, 0.2) is 54.6 Å². The normalized spacial score (nSPS) is 12.4. The first-order valence-electron chi connectivity index (χ1n) is 8.78. The second kappa shape index (κ2) is 6.81. The van der Waals surface area contributed by atoms with Crippen LogP contribution in [0.4, 0.5) is 5.69 Å². The van der Waals surface area contributed by atoms with Gasteiger partial charge in [-0.1, -0.05) is 29.8 Å². The first kappa shape index (κ1) is 17.7. The molecule has 4 rings (SSSR count). The Morgan fingerprint density at radius 1 is 0.964 bits per heavy atom. The molecule has 140 valence electrons. The van der Waals surface area contributed by atoms with Gasteiger partial charge in [0.1, 0.15) is 28.6 Å². The van der Waals surface area contributed by atoms with E-state index in [1.807, 2.05) is 44.2 Å². The SMILES string of the molecule is Cc1ccc(Oc2cc([N+](=O)[O-])cc3c2C(=O)Cc2ccc(C)cc2O3)cc1. The molecule has 0 spiro atoms. The summed E-state index contributed by atoms with van der Waals surface area (Å²) in [6.45, 7) is 3.86. The number of hydrogen-bond acceptors (Lipinski definition) is 5. The highest BCUT2D eigenvalue weighted by Gasteiger charge is 2.28. The van der Waals surface area contributed by atoms with Gasteiger partial charge >= 0.3 is 0 Å². The molecule has 1 aliphatic rings. The van der Waals surface area contributed by atoms with Gasteiger partial charge in [0.25, 0.3) is 5.69 Å². The van der Waals surface area contributed by atoms with Crippen molar-refractivity contribution in [3.63, 3.8) is 0 Å². The molecule has 0 saturated carbocycles. The molecule has 6 nitrogen and oxygen atoms in total. The highest BCUT2D eigenvalue weighted by molar-refractivity contribution is 6.04. The molecule has 0 amide bonds. The molecule has 3 aromatic carbocycles. The number of Topliss-reactive ketones (excluding diaryl/α,β-unsaturated/α-hetero) is 1. The van der Waals surface area contributed by atoms with Crippen molar-refractivity contribution in [2.24, 2.45) is 0 Å². The lowest BCUT2D eigenvalue weighted by Crippen LogP contribution is -2.05. The van der Waals surface area contributed by atoms with Gasteiger partial charge in [-0.05, 0) is 37.6 Å². The number of rotatable bonds is 3. The highest BCUT2D eigenvalue weighted by atomic mass is 16.6. The second-order valence-corrected chi connectivity index (χ2v) is 6.80. The fourth-order valence-electron chi connectivity index (χ4n) is 3.13. The van der Waals surface area contributed by atoms with E-state index in [9.17, 15) is 14.9 Å². The van der Waals surface area contributed by atoms with Gasteiger partial charge in [0.2, 0.25) is 0 Å². The van der Waals surface area contributed by atoms with Crippen LogP contribution in [0.2, 0.25) is 0 Å². The Bertz CT molecular complexity index is 1100. The molecule has 1 heterocycles. The summed E-state index contributed by atoms with van der Waals surface area (Å²) in [4.78, 5) is 23.9. The lowest BCUT2D eigenvalue weighted by atomic mass is 10.0. The molecule has 0 unspecified atom stereocenters. The summed E-state index contributed by atoms with van der Waals surface area (Å²) in [7, 11) is 0. The van der Waals surface area contributed by atoms with Crippen molar-refractivity contribution < 1.29 is 19.2 Å². The van der Waals surface area contributed by atoms with Crippen LogP contribution in [0.1, 0.15) is 27.0 Å². The molecule has 0 saturated heterocycles. The van der Waals surface area contributed by atoms with Crippen LogP contribution >= 0.6 is 0 Å². The average molecular weight is 375 g/mol. The maximum absolute atomic E-state index is 13.0. The Kier molecular flexibility index (Phi) is 4.31. The number of aryl methyl sites for hydroxylation is 2. The maximum Gasteiger partial charge on any atom is 0.276 e. The molecule has 6 heteroatoms. The fraction of sp³-hybridized carbons (Fsp3) is 0.136. The largest absolute Gasteiger partial charge is 0.456 e. The van der Waals surface area contributed by atoms with Crippen LogP contribution in [-0.4, -0.2) is 10.7 Å². The van der Waals surface area contributed by atoms with E-state index in [2.05, 4.69) is 0 Å². The van der Waals surface area contributed by atoms with Gasteiger partial charge in [0, 0.05) is 12.0 Å². The van der Waals surface area contributed by atoms with Gasteiger partial charge in [-0.15, -0.1) is 0 Å². The Morgan fingerprint density at radius 2 is 1.68 bits per heavy atom. The maximum atomic E-state index is 13.0. The van der Waals surface area contributed by atoms with Crippen LogP contribution in [0.5, 0.6) is 23.0 Å². The van der Waals surface area contributed by atoms with Gasteiger partial charge in [-0.3, -0.25) is 14.9 Å². The molecule has 3 aromatic rings. The number of nitro benzene ring substituents is 1. The van der Waals surface area contributed by atoms with E-state index >= 15 is 0 Å². The summed E-state index contributed by atoms with van der Waals surface area (Å²) >= 11 is 0. The molecule has 0 radical (unpaired) electrons. The second-order valence-electron chi connectivity index (χ2n) is 6.80. The molecule has 28 heavy (non-hydrogen) atoms. The van der Waals surface area contributed by atoms with Crippen LogP contribution in [-0.2, 0) is 6.42 Å². The first-order chi connectivity index (χ1) is 13.4. The Balaban J connectivity index is 1.86. The zero-order valence-corrected chi connectivity index (χ0v) is 15.4. The van der Waals surface area contributed by atoms with Crippen LogP contribution in [0.25, 0.3) is 0 Å². The zero-order valence-electron chi connectivity index (χ0n) is 15.4. The molecule has 1 aliphatic heterocycles. The van der Waals surface area contributed by atoms with E-state index in [4.69, 9.17) is 9.47 Å². The topological polar surface area (TPSA) is 78.7 Å². The van der Waals surface area contributed by atoms with E-state index in [1.165, 1.54) is 12.1 Å². The van der Waals surface area contributed by atoms with E-state index in [0.29, 0.717) is 11.5 Å². The quantitative estimate of drug-likeness (QED) is 0.444. The average Bonchev–Trinajstić information content (AvgIpc) is 2.79. The lowest BCUT2D eigenvalue weighted by molar-refractivity contribution is -0.385. The minimum Gasteiger partial charge on any atom is -0.456 e. The number of nitrogens with zero attached hydrogens (tertiary/aromatic N) is 1. The third-order valence-corrected chi connectivity index (χ3v) is 4.58. The van der Waals surface area contributed by atoms with Gasteiger partial charge in [-0.25, -0.2) is 0 Å². The van der Waals surface area contributed by atoms with Crippen molar-refractivity contribution >= 4 is 11.5 Å². The van der Waals surface area contributed by atoms with Gasteiger partial charge in [-0.2, -0.15) is 0 Å². The number of benzene rings is 3. The molecule has 0 aromatic heterocycles. The Hall–Kier alpha value is -3.67. The van der Waals surface area contributed by atoms with E-state index in [1.54, 1.807) is 12.1 Å². The number of carbonyl (C=O) groups is 1. The van der Waals surface area contributed by atoms with Crippen molar-refractivity contribution in [2.75, 3.05) is 0 Å². The van der Waals surface area contributed by atoms with E-state index in [0.717, 1.165) is 16.7 Å². The molecule has 0 bridgehead atoms. The number of carbonyl (C=O) groups excluding carboxylic acids is 1. The van der Waals surface area contributed by atoms with Gasteiger partial charge < -0.3 is 9.47 Å². The number of non-ortho nitro benzene ring substituents is 1. The van der Waals surface area contributed by atoms with Crippen LogP contribution < -0.4 is 9.47 Å². The lowest BCUT2D eigenvalue weighted by Gasteiger charge is -2.13. The monoisotopic (exact) mass is 375 g/mol. The van der Waals surface area contributed by atoms with Crippen LogP contribution in [0, 0.1) is 24.0 Å². The minimum atomic E-state index is -0.530. The molecule has 0 atom stereocenters.